The number of carbonyl (C=O) groups excluding carboxylic acids is 1. The van der Waals surface area contributed by atoms with Crippen molar-refractivity contribution in [1.29, 1.82) is 0 Å². The second-order valence-electron chi connectivity index (χ2n) is 5.38. The number of anilines is 1. The summed E-state index contributed by atoms with van der Waals surface area (Å²) >= 11 is 0. The average Bonchev–Trinajstić information content (AvgIpc) is 2.83. The molecule has 2 aliphatic rings. The first-order valence-electron chi connectivity index (χ1n) is 7.11. The molecule has 2 saturated heterocycles. The van der Waals surface area contributed by atoms with E-state index >= 15 is 0 Å². The Morgan fingerprint density at radius 3 is 2.85 bits per heavy atom. The summed E-state index contributed by atoms with van der Waals surface area (Å²) in [5.41, 5.74) is 2.79. The Morgan fingerprint density at radius 2 is 2.10 bits per heavy atom. The second-order valence-corrected chi connectivity index (χ2v) is 5.38. The van der Waals surface area contributed by atoms with Gasteiger partial charge in [0.15, 0.2) is 11.5 Å². The minimum Gasteiger partial charge on any atom is -0.336 e. The number of hydrogen-bond donors (Lipinski definition) is 2. The maximum atomic E-state index is 12.5. The van der Waals surface area contributed by atoms with Crippen LogP contribution >= 0.6 is 0 Å². The van der Waals surface area contributed by atoms with Crippen molar-refractivity contribution >= 4 is 11.7 Å². The van der Waals surface area contributed by atoms with E-state index in [1.165, 1.54) is 19.4 Å². The predicted molar refractivity (Wildman–Crippen MR) is 75.0 cm³/mol. The first kappa shape index (κ1) is 13.3. The molecule has 1 amide bonds. The molecule has 1 atom stereocenters. The van der Waals surface area contributed by atoms with E-state index in [4.69, 9.17) is 5.84 Å². The standard InChI is InChI=1S/C13H20N6O/c14-15-12-5-4-11(16-17-12)13(20)19-8-2-7-18-6-1-3-10(18)9-19/h4-5,10H,1-3,6-9,14H2,(H,15,17). The smallest absolute Gasteiger partial charge is 0.274 e. The lowest BCUT2D eigenvalue weighted by molar-refractivity contribution is 0.0736. The molecule has 3 heterocycles. The van der Waals surface area contributed by atoms with Gasteiger partial charge in [-0.15, -0.1) is 10.2 Å². The van der Waals surface area contributed by atoms with Crippen LogP contribution in [-0.2, 0) is 0 Å². The molecule has 20 heavy (non-hydrogen) atoms. The Labute approximate surface area is 118 Å². The van der Waals surface area contributed by atoms with Crippen LogP contribution in [0.25, 0.3) is 0 Å². The number of nitrogen functional groups attached to an aromatic ring is 1. The fraction of sp³-hybridized carbons (Fsp3) is 0.615. The summed E-state index contributed by atoms with van der Waals surface area (Å²) in [6.07, 6.45) is 3.45. The normalized spacial score (nSPS) is 23.2. The monoisotopic (exact) mass is 276 g/mol. The van der Waals surface area contributed by atoms with Crippen molar-refractivity contribution < 1.29 is 4.79 Å². The number of fused-ring (bicyclic) bond motifs is 1. The van der Waals surface area contributed by atoms with Crippen LogP contribution in [0.1, 0.15) is 29.8 Å². The Kier molecular flexibility index (Phi) is 3.79. The van der Waals surface area contributed by atoms with Crippen LogP contribution in [0.4, 0.5) is 5.82 Å². The van der Waals surface area contributed by atoms with Gasteiger partial charge in [-0.05, 0) is 37.9 Å². The summed E-state index contributed by atoms with van der Waals surface area (Å²) in [5, 5.41) is 7.80. The van der Waals surface area contributed by atoms with Gasteiger partial charge in [-0.1, -0.05) is 0 Å². The Balaban J connectivity index is 1.71. The predicted octanol–water partition coefficient (Wildman–Crippen LogP) is 0.0725. The third-order valence-electron chi connectivity index (χ3n) is 4.12. The SMILES string of the molecule is NNc1ccc(C(=O)N2CCCN3CCCC3C2)nn1. The van der Waals surface area contributed by atoms with Crippen LogP contribution in [0.5, 0.6) is 0 Å². The van der Waals surface area contributed by atoms with Gasteiger partial charge in [0.25, 0.3) is 5.91 Å². The summed E-state index contributed by atoms with van der Waals surface area (Å²) in [6, 6.07) is 3.85. The van der Waals surface area contributed by atoms with Crippen molar-refractivity contribution in [2.45, 2.75) is 25.3 Å². The molecular formula is C13H20N6O. The minimum atomic E-state index is -0.0326. The van der Waals surface area contributed by atoms with E-state index in [0.29, 0.717) is 17.6 Å². The Hall–Kier alpha value is -1.73. The van der Waals surface area contributed by atoms with Crippen LogP contribution < -0.4 is 11.3 Å². The lowest BCUT2D eigenvalue weighted by Crippen LogP contribution is -2.40. The highest BCUT2D eigenvalue weighted by Crippen LogP contribution is 2.22. The molecule has 0 aromatic carbocycles. The topological polar surface area (TPSA) is 87.4 Å². The number of amides is 1. The first-order chi connectivity index (χ1) is 9.78. The summed E-state index contributed by atoms with van der Waals surface area (Å²) in [4.78, 5) is 16.9. The molecule has 7 heteroatoms. The lowest BCUT2D eigenvalue weighted by Gasteiger charge is -2.25. The number of nitrogens with one attached hydrogen (secondary N) is 1. The van der Waals surface area contributed by atoms with Gasteiger partial charge in [-0.2, -0.15) is 0 Å². The van der Waals surface area contributed by atoms with E-state index in [0.717, 1.165) is 26.1 Å². The molecule has 7 nitrogen and oxygen atoms in total. The second kappa shape index (κ2) is 5.72. The third kappa shape index (κ3) is 2.59. The van der Waals surface area contributed by atoms with Gasteiger partial charge >= 0.3 is 0 Å². The van der Waals surface area contributed by atoms with Crippen molar-refractivity contribution in [1.82, 2.24) is 20.0 Å². The molecule has 2 aliphatic heterocycles. The highest BCUT2D eigenvalue weighted by molar-refractivity contribution is 5.92. The van der Waals surface area contributed by atoms with Crippen LogP contribution in [0.15, 0.2) is 12.1 Å². The first-order valence-corrected chi connectivity index (χ1v) is 7.11. The Morgan fingerprint density at radius 1 is 1.25 bits per heavy atom. The maximum absolute atomic E-state index is 12.5. The van der Waals surface area contributed by atoms with Crippen molar-refractivity contribution in [3.8, 4) is 0 Å². The molecule has 3 N–H and O–H groups in total. The van der Waals surface area contributed by atoms with Crippen LogP contribution in [0.2, 0.25) is 0 Å². The van der Waals surface area contributed by atoms with Crippen LogP contribution in [-0.4, -0.2) is 58.1 Å². The largest absolute Gasteiger partial charge is 0.336 e. The highest BCUT2D eigenvalue weighted by Gasteiger charge is 2.31. The number of hydrazine groups is 1. The summed E-state index contributed by atoms with van der Waals surface area (Å²) in [5.74, 6) is 5.67. The molecule has 0 saturated carbocycles. The summed E-state index contributed by atoms with van der Waals surface area (Å²) in [6.45, 7) is 3.86. The van der Waals surface area contributed by atoms with Crippen molar-refractivity contribution in [2.24, 2.45) is 5.84 Å². The summed E-state index contributed by atoms with van der Waals surface area (Å²) < 4.78 is 0. The van der Waals surface area contributed by atoms with Crippen molar-refractivity contribution in [3.63, 3.8) is 0 Å². The van der Waals surface area contributed by atoms with Gasteiger partial charge in [0.2, 0.25) is 0 Å². The molecule has 1 aromatic heterocycles. The third-order valence-corrected chi connectivity index (χ3v) is 4.12. The molecule has 0 bridgehead atoms. The molecule has 3 rings (SSSR count). The number of hydrogen-bond acceptors (Lipinski definition) is 6. The van der Waals surface area contributed by atoms with Gasteiger partial charge in [0, 0.05) is 25.7 Å². The van der Waals surface area contributed by atoms with E-state index in [-0.39, 0.29) is 5.91 Å². The number of nitrogens with zero attached hydrogens (tertiary/aromatic N) is 4. The molecule has 0 radical (unpaired) electrons. The molecular weight excluding hydrogens is 256 g/mol. The molecule has 0 spiro atoms. The quantitative estimate of drug-likeness (QED) is 0.587. The van der Waals surface area contributed by atoms with Gasteiger partial charge in [-0.3, -0.25) is 9.69 Å². The van der Waals surface area contributed by atoms with E-state index in [9.17, 15) is 4.79 Å². The van der Waals surface area contributed by atoms with Gasteiger partial charge in [0.05, 0.1) is 0 Å². The van der Waals surface area contributed by atoms with E-state index in [1.807, 2.05) is 4.90 Å². The van der Waals surface area contributed by atoms with Crippen molar-refractivity contribution in [3.05, 3.63) is 17.8 Å². The van der Waals surface area contributed by atoms with Gasteiger partial charge in [-0.25, -0.2) is 5.84 Å². The van der Waals surface area contributed by atoms with E-state index in [2.05, 4.69) is 20.5 Å². The number of rotatable bonds is 2. The maximum Gasteiger partial charge on any atom is 0.274 e. The van der Waals surface area contributed by atoms with Crippen LogP contribution in [0.3, 0.4) is 0 Å². The number of nitrogens with two attached hydrogens (primary N) is 1. The zero-order valence-corrected chi connectivity index (χ0v) is 11.5. The highest BCUT2D eigenvalue weighted by atomic mass is 16.2. The fourth-order valence-corrected chi connectivity index (χ4v) is 3.08. The lowest BCUT2D eigenvalue weighted by atomic mass is 10.2. The molecule has 1 unspecified atom stereocenters. The number of aromatic nitrogens is 2. The summed E-state index contributed by atoms with van der Waals surface area (Å²) in [7, 11) is 0. The van der Waals surface area contributed by atoms with Gasteiger partial charge in [0.1, 0.15) is 0 Å². The Bertz CT molecular complexity index is 476. The van der Waals surface area contributed by atoms with Gasteiger partial charge < -0.3 is 10.3 Å². The average molecular weight is 276 g/mol. The molecule has 1 aromatic rings. The molecule has 0 aliphatic carbocycles. The fourth-order valence-electron chi connectivity index (χ4n) is 3.08. The number of carbonyl (C=O) groups is 1. The molecule has 108 valence electrons. The zero-order chi connectivity index (χ0) is 13.9. The molecule has 2 fully saturated rings. The van der Waals surface area contributed by atoms with E-state index < -0.39 is 0 Å². The minimum absolute atomic E-state index is 0.0326. The van der Waals surface area contributed by atoms with Crippen molar-refractivity contribution in [2.75, 3.05) is 31.6 Å². The zero-order valence-electron chi connectivity index (χ0n) is 11.5. The van der Waals surface area contributed by atoms with E-state index in [1.54, 1.807) is 12.1 Å². The van der Waals surface area contributed by atoms with Crippen LogP contribution in [0, 0.1) is 0 Å².